The van der Waals surface area contributed by atoms with Gasteiger partial charge in [-0.25, -0.2) is 17.9 Å². The summed E-state index contributed by atoms with van der Waals surface area (Å²) >= 11 is 0. The zero-order valence-electron chi connectivity index (χ0n) is 13.7. The highest BCUT2D eigenvalue weighted by Gasteiger charge is 2.44. The number of esters is 1. The molecule has 2 rings (SSSR count). The number of sulfonamides is 1. The number of nitrogens with zero attached hydrogens (tertiary/aromatic N) is 1. The molecule has 0 aromatic carbocycles. The summed E-state index contributed by atoms with van der Waals surface area (Å²) in [7, 11) is -3.24. The van der Waals surface area contributed by atoms with Gasteiger partial charge in [-0.1, -0.05) is 0 Å². The molecule has 1 aliphatic heterocycles. The molecule has 150 valence electrons. The summed E-state index contributed by atoms with van der Waals surface area (Å²) < 4.78 is 75.1. The quantitative estimate of drug-likeness (QED) is 0.649. The van der Waals surface area contributed by atoms with E-state index in [2.05, 4.69) is 10.1 Å². The number of rotatable bonds is 6. The molecule has 1 aromatic heterocycles. The maximum atomic E-state index is 13.3. The summed E-state index contributed by atoms with van der Waals surface area (Å²) in [6, 6.07) is -1.07. The van der Waals surface area contributed by atoms with Crippen molar-refractivity contribution in [2.75, 3.05) is 39.8 Å². The number of nitrogens with one attached hydrogen (secondary N) is 2. The number of halogens is 4. The van der Waals surface area contributed by atoms with Crippen molar-refractivity contribution in [1.29, 1.82) is 0 Å². The van der Waals surface area contributed by atoms with Gasteiger partial charge in [-0.15, -0.1) is 12.4 Å². The first-order chi connectivity index (χ1) is 11.6. The minimum absolute atomic E-state index is 0. The Morgan fingerprint density at radius 2 is 2.04 bits per heavy atom. The Hall–Kier alpha value is -1.34. The van der Waals surface area contributed by atoms with E-state index >= 15 is 0 Å². The third-order valence-electron chi connectivity index (χ3n) is 3.70. The van der Waals surface area contributed by atoms with Crippen LogP contribution in [0.5, 0.6) is 0 Å². The molecule has 0 amide bonds. The van der Waals surface area contributed by atoms with Crippen molar-refractivity contribution in [1.82, 2.24) is 14.9 Å². The summed E-state index contributed by atoms with van der Waals surface area (Å²) in [5.41, 5.74) is -0.155. The molecule has 1 fully saturated rings. The van der Waals surface area contributed by atoms with E-state index in [0.29, 0.717) is 13.1 Å². The SMILES string of the molecule is COC(=O)c1coc(S(=O)(=O)NCC(N2CCNCC2)C(F)(F)F)c1.Cl. The van der Waals surface area contributed by atoms with Gasteiger partial charge < -0.3 is 14.5 Å². The molecule has 0 aliphatic carbocycles. The molecule has 13 heteroatoms. The highest BCUT2D eigenvalue weighted by molar-refractivity contribution is 7.89. The first kappa shape index (κ1) is 22.7. The summed E-state index contributed by atoms with van der Waals surface area (Å²) in [6.45, 7) is 0.221. The maximum absolute atomic E-state index is 13.3. The molecule has 26 heavy (non-hydrogen) atoms. The van der Waals surface area contributed by atoms with Gasteiger partial charge in [-0.05, 0) is 0 Å². The number of carbonyl (C=O) groups excluding carboxylic acids is 1. The Morgan fingerprint density at radius 1 is 1.42 bits per heavy atom. The number of carbonyl (C=O) groups is 1. The van der Waals surface area contributed by atoms with Gasteiger partial charge in [0.1, 0.15) is 12.3 Å². The fourth-order valence-electron chi connectivity index (χ4n) is 2.39. The van der Waals surface area contributed by atoms with E-state index in [-0.39, 0.29) is 31.1 Å². The van der Waals surface area contributed by atoms with Crippen LogP contribution in [0.1, 0.15) is 10.4 Å². The van der Waals surface area contributed by atoms with Gasteiger partial charge in [0, 0.05) is 38.8 Å². The zero-order valence-corrected chi connectivity index (χ0v) is 15.3. The average Bonchev–Trinajstić information content (AvgIpc) is 3.05. The van der Waals surface area contributed by atoms with Crippen LogP contribution >= 0.6 is 12.4 Å². The van der Waals surface area contributed by atoms with Crippen LogP contribution in [0.2, 0.25) is 0 Å². The number of hydrogen-bond donors (Lipinski definition) is 2. The van der Waals surface area contributed by atoms with Gasteiger partial charge >= 0.3 is 12.1 Å². The molecule has 2 N–H and O–H groups in total. The average molecular weight is 422 g/mol. The lowest BCUT2D eigenvalue weighted by Gasteiger charge is -2.35. The van der Waals surface area contributed by atoms with E-state index < -0.39 is 39.8 Å². The van der Waals surface area contributed by atoms with Crippen molar-refractivity contribution >= 4 is 28.4 Å². The van der Waals surface area contributed by atoms with E-state index in [0.717, 1.165) is 19.4 Å². The number of furan rings is 1. The first-order valence-corrected chi connectivity index (χ1v) is 8.81. The highest BCUT2D eigenvalue weighted by Crippen LogP contribution is 2.25. The van der Waals surface area contributed by atoms with Crippen LogP contribution in [0.3, 0.4) is 0 Å². The normalized spacial score (nSPS) is 17.4. The van der Waals surface area contributed by atoms with Gasteiger partial charge in [0.15, 0.2) is 0 Å². The second-order valence-corrected chi connectivity index (χ2v) is 7.04. The van der Waals surface area contributed by atoms with E-state index in [4.69, 9.17) is 4.42 Å². The van der Waals surface area contributed by atoms with Crippen molar-refractivity contribution in [3.05, 3.63) is 17.9 Å². The molecule has 0 spiro atoms. The molecule has 1 aromatic rings. The van der Waals surface area contributed by atoms with Crippen molar-refractivity contribution in [2.24, 2.45) is 0 Å². The molecule has 1 atom stereocenters. The number of methoxy groups -OCH3 is 1. The van der Waals surface area contributed by atoms with Crippen LogP contribution in [0, 0.1) is 0 Å². The topological polar surface area (TPSA) is 101 Å². The number of alkyl halides is 3. The van der Waals surface area contributed by atoms with Crippen LogP contribution in [0.4, 0.5) is 13.2 Å². The van der Waals surface area contributed by atoms with Crippen LogP contribution in [0.25, 0.3) is 0 Å². The van der Waals surface area contributed by atoms with Crippen LogP contribution < -0.4 is 10.0 Å². The molecular formula is C13H19ClF3N3O5S. The van der Waals surface area contributed by atoms with Crippen molar-refractivity contribution in [2.45, 2.75) is 17.3 Å². The lowest BCUT2D eigenvalue weighted by atomic mass is 10.2. The number of piperazine rings is 1. The smallest absolute Gasteiger partial charge is 0.405 e. The largest absolute Gasteiger partial charge is 0.465 e. The van der Waals surface area contributed by atoms with Gasteiger partial charge in [0.05, 0.1) is 12.7 Å². The standard InChI is InChI=1S/C13H18F3N3O5S.ClH/c1-23-12(20)9-6-11(24-8-9)25(21,22)18-7-10(13(14,15)16)19-4-2-17-3-5-19;/h6,8,10,17-18H,2-5,7H2,1H3;1H. The summed E-state index contributed by atoms with van der Waals surface area (Å²) in [5.74, 6) is -0.820. The Bertz CT molecular complexity index is 704. The van der Waals surface area contributed by atoms with Gasteiger partial charge in [-0.3, -0.25) is 4.90 Å². The molecule has 1 unspecified atom stereocenters. The van der Waals surface area contributed by atoms with Crippen LogP contribution in [0.15, 0.2) is 21.8 Å². The van der Waals surface area contributed by atoms with E-state index in [1.54, 1.807) is 0 Å². The fourth-order valence-corrected chi connectivity index (χ4v) is 3.36. The lowest BCUT2D eigenvalue weighted by molar-refractivity contribution is -0.182. The Kier molecular flexibility index (Phi) is 7.89. The fraction of sp³-hybridized carbons (Fsp3) is 0.615. The molecule has 0 saturated carbocycles. The number of hydrogen-bond acceptors (Lipinski definition) is 7. The third-order valence-corrected chi connectivity index (χ3v) is 4.99. The molecule has 1 saturated heterocycles. The minimum Gasteiger partial charge on any atom is -0.465 e. The second-order valence-electron chi connectivity index (χ2n) is 5.34. The van der Waals surface area contributed by atoms with Crippen molar-refractivity contribution < 1.29 is 35.5 Å². The van der Waals surface area contributed by atoms with Crippen molar-refractivity contribution in [3.8, 4) is 0 Å². The van der Waals surface area contributed by atoms with Gasteiger partial charge in [-0.2, -0.15) is 13.2 Å². The lowest BCUT2D eigenvalue weighted by Crippen LogP contribution is -2.57. The van der Waals surface area contributed by atoms with Gasteiger partial charge in [0.2, 0.25) is 5.09 Å². The summed E-state index contributed by atoms with van der Waals surface area (Å²) in [6.07, 6.45) is -3.74. The summed E-state index contributed by atoms with van der Waals surface area (Å²) in [5, 5.41) is 2.27. The number of ether oxygens (including phenoxy) is 1. The van der Waals surface area contributed by atoms with E-state index in [1.165, 1.54) is 4.90 Å². The first-order valence-electron chi connectivity index (χ1n) is 7.33. The minimum atomic E-state index is -4.60. The van der Waals surface area contributed by atoms with E-state index in [1.807, 2.05) is 4.72 Å². The summed E-state index contributed by atoms with van der Waals surface area (Å²) in [4.78, 5) is 12.5. The van der Waals surface area contributed by atoms with Gasteiger partial charge in [0.25, 0.3) is 10.0 Å². The zero-order chi connectivity index (χ0) is 18.7. The Morgan fingerprint density at radius 3 is 2.58 bits per heavy atom. The van der Waals surface area contributed by atoms with E-state index in [9.17, 15) is 26.4 Å². The monoisotopic (exact) mass is 421 g/mol. The molecule has 1 aliphatic rings. The Balaban J connectivity index is 0.00000338. The predicted molar refractivity (Wildman–Crippen MR) is 86.8 cm³/mol. The third kappa shape index (κ3) is 5.58. The Labute approximate surface area is 154 Å². The maximum Gasteiger partial charge on any atom is 0.405 e. The molecule has 0 radical (unpaired) electrons. The molecule has 0 bridgehead atoms. The second kappa shape index (κ2) is 9.04. The van der Waals surface area contributed by atoms with Crippen molar-refractivity contribution in [3.63, 3.8) is 0 Å². The predicted octanol–water partition coefficient (Wildman–Crippen LogP) is 0.602. The molecular weight excluding hydrogens is 403 g/mol. The molecule has 2 heterocycles. The highest BCUT2D eigenvalue weighted by atomic mass is 35.5. The van der Waals surface area contributed by atoms with Crippen LogP contribution in [-0.4, -0.2) is 71.3 Å². The van der Waals surface area contributed by atoms with Crippen LogP contribution in [-0.2, 0) is 14.8 Å². The molecule has 8 nitrogen and oxygen atoms in total.